The molecule has 114 valence electrons. The molecule has 1 aliphatic carbocycles. The van der Waals surface area contributed by atoms with Crippen molar-refractivity contribution < 1.29 is 12.8 Å². The third-order valence-corrected chi connectivity index (χ3v) is 6.13. The van der Waals surface area contributed by atoms with Gasteiger partial charge in [0.05, 0.1) is 5.25 Å². The maximum Gasteiger partial charge on any atom is 0.316 e. The van der Waals surface area contributed by atoms with Crippen molar-refractivity contribution in [2.24, 2.45) is 11.8 Å². The summed E-state index contributed by atoms with van der Waals surface area (Å²) in [4.78, 5) is 4.14. The van der Waals surface area contributed by atoms with Crippen LogP contribution in [0.15, 0.2) is 27.8 Å². The van der Waals surface area contributed by atoms with Crippen LogP contribution >= 0.6 is 0 Å². The maximum atomic E-state index is 12.7. The maximum absolute atomic E-state index is 12.7. The third kappa shape index (κ3) is 2.64. The van der Waals surface area contributed by atoms with Gasteiger partial charge in [-0.2, -0.15) is 4.98 Å². The van der Waals surface area contributed by atoms with E-state index < -0.39 is 15.1 Å². The minimum Gasteiger partial charge on any atom is -0.428 e. The molecule has 0 radical (unpaired) electrons. The molecule has 5 nitrogen and oxygen atoms in total. The molecule has 0 amide bonds. The van der Waals surface area contributed by atoms with Crippen molar-refractivity contribution in [3.63, 3.8) is 0 Å². The lowest BCUT2D eigenvalue weighted by Crippen LogP contribution is -2.31. The van der Waals surface area contributed by atoms with Gasteiger partial charge in [0, 0.05) is 5.69 Å². The molecule has 0 bridgehead atoms. The fourth-order valence-electron chi connectivity index (χ4n) is 3.31. The zero-order valence-electron chi connectivity index (χ0n) is 12.2. The molecule has 6 heteroatoms. The molecule has 0 spiro atoms. The van der Waals surface area contributed by atoms with E-state index in [-0.39, 0.29) is 5.22 Å². The van der Waals surface area contributed by atoms with Crippen molar-refractivity contribution in [2.45, 2.75) is 43.6 Å². The number of aromatic nitrogens is 1. The standard InChI is InChI=1S/C15H20N2O3S/c1-9-5-10(2)7-12(6-9)21(18,19)15-17-13-8-11(16)3-4-14(13)20-15/h3-4,8-10,12H,5-7,16H2,1-2H3. The lowest BCUT2D eigenvalue weighted by atomic mass is 9.83. The van der Waals surface area contributed by atoms with Crippen LogP contribution in [0.4, 0.5) is 5.69 Å². The Morgan fingerprint density at radius 1 is 1.19 bits per heavy atom. The predicted molar refractivity (Wildman–Crippen MR) is 81.6 cm³/mol. The zero-order valence-corrected chi connectivity index (χ0v) is 13.1. The van der Waals surface area contributed by atoms with Crippen LogP contribution < -0.4 is 5.73 Å². The lowest BCUT2D eigenvalue weighted by Gasteiger charge is -2.30. The summed E-state index contributed by atoms with van der Waals surface area (Å²) < 4.78 is 30.9. The average molecular weight is 308 g/mol. The van der Waals surface area contributed by atoms with Crippen LogP contribution in [0.1, 0.15) is 33.1 Å². The van der Waals surface area contributed by atoms with Crippen LogP contribution in [-0.2, 0) is 9.84 Å². The van der Waals surface area contributed by atoms with Crippen LogP contribution in [0.3, 0.4) is 0 Å². The number of oxazole rings is 1. The monoisotopic (exact) mass is 308 g/mol. The topological polar surface area (TPSA) is 86.2 Å². The van der Waals surface area contributed by atoms with Crippen molar-refractivity contribution in [1.29, 1.82) is 0 Å². The van der Waals surface area contributed by atoms with Gasteiger partial charge in [0.2, 0.25) is 9.84 Å². The molecule has 0 saturated heterocycles. The Balaban J connectivity index is 1.99. The average Bonchev–Trinajstić information content (AvgIpc) is 2.81. The van der Waals surface area contributed by atoms with E-state index >= 15 is 0 Å². The van der Waals surface area contributed by atoms with Crippen molar-refractivity contribution in [2.75, 3.05) is 5.73 Å². The van der Waals surface area contributed by atoms with Crippen LogP contribution in [0.25, 0.3) is 11.1 Å². The molecule has 1 aromatic carbocycles. The Kier molecular flexibility index (Phi) is 3.43. The summed E-state index contributed by atoms with van der Waals surface area (Å²) >= 11 is 0. The first kappa shape index (κ1) is 14.4. The van der Waals surface area contributed by atoms with E-state index in [1.54, 1.807) is 18.2 Å². The number of hydrogen-bond acceptors (Lipinski definition) is 5. The molecular weight excluding hydrogens is 288 g/mol. The van der Waals surface area contributed by atoms with Crippen LogP contribution in [-0.4, -0.2) is 18.7 Å². The van der Waals surface area contributed by atoms with E-state index in [1.165, 1.54) is 0 Å². The lowest BCUT2D eigenvalue weighted by molar-refractivity contribution is 0.298. The summed E-state index contributed by atoms with van der Waals surface area (Å²) in [6, 6.07) is 4.96. The molecule has 1 heterocycles. The number of anilines is 1. The molecule has 1 aromatic heterocycles. The Morgan fingerprint density at radius 2 is 1.86 bits per heavy atom. The van der Waals surface area contributed by atoms with E-state index in [1.807, 2.05) is 0 Å². The van der Waals surface area contributed by atoms with E-state index in [0.717, 1.165) is 6.42 Å². The molecule has 2 aromatic rings. The van der Waals surface area contributed by atoms with Gasteiger partial charge in [0.25, 0.3) is 0 Å². The minimum atomic E-state index is -3.52. The fourth-order valence-corrected chi connectivity index (χ4v) is 5.19. The molecule has 3 rings (SSSR count). The quantitative estimate of drug-likeness (QED) is 0.862. The summed E-state index contributed by atoms with van der Waals surface area (Å²) in [5.41, 5.74) is 7.18. The molecule has 2 N–H and O–H groups in total. The molecule has 1 aliphatic rings. The largest absolute Gasteiger partial charge is 0.428 e. The van der Waals surface area contributed by atoms with Crippen LogP contribution in [0.2, 0.25) is 0 Å². The Bertz CT molecular complexity index is 756. The van der Waals surface area contributed by atoms with Gasteiger partial charge in [0.1, 0.15) is 5.52 Å². The number of nitrogens with two attached hydrogens (primary N) is 1. The highest BCUT2D eigenvalue weighted by Gasteiger charge is 2.37. The summed E-state index contributed by atoms with van der Waals surface area (Å²) in [6.45, 7) is 4.20. The SMILES string of the molecule is CC1CC(C)CC(S(=O)(=O)c2nc3cc(N)ccc3o2)C1. The van der Waals surface area contributed by atoms with Gasteiger partial charge in [0.15, 0.2) is 5.58 Å². The molecule has 2 atom stereocenters. The third-order valence-electron chi connectivity index (χ3n) is 4.21. The fraction of sp³-hybridized carbons (Fsp3) is 0.533. The minimum absolute atomic E-state index is 0.172. The van der Waals surface area contributed by atoms with Crippen LogP contribution in [0, 0.1) is 11.8 Å². The normalized spacial score (nSPS) is 27.0. The molecule has 21 heavy (non-hydrogen) atoms. The number of rotatable bonds is 2. The number of benzene rings is 1. The van der Waals surface area contributed by atoms with Crippen molar-refractivity contribution in [3.8, 4) is 0 Å². The highest BCUT2D eigenvalue weighted by Crippen LogP contribution is 2.35. The molecule has 1 saturated carbocycles. The van der Waals surface area contributed by atoms with E-state index in [9.17, 15) is 8.42 Å². The summed E-state index contributed by atoms with van der Waals surface area (Å²) in [7, 11) is -3.52. The number of hydrogen-bond donors (Lipinski definition) is 1. The van der Waals surface area contributed by atoms with E-state index in [0.29, 0.717) is 41.5 Å². The van der Waals surface area contributed by atoms with Gasteiger partial charge in [-0.15, -0.1) is 0 Å². The Morgan fingerprint density at radius 3 is 2.52 bits per heavy atom. The van der Waals surface area contributed by atoms with Crippen molar-refractivity contribution >= 4 is 26.6 Å². The first-order valence-electron chi connectivity index (χ1n) is 7.26. The van der Waals surface area contributed by atoms with Crippen LogP contribution in [0.5, 0.6) is 0 Å². The molecule has 2 unspecified atom stereocenters. The Labute approximate surface area is 124 Å². The van der Waals surface area contributed by atoms with Gasteiger partial charge in [-0.05, 0) is 49.3 Å². The second-order valence-electron chi connectivity index (χ2n) is 6.29. The van der Waals surface area contributed by atoms with Gasteiger partial charge in [-0.3, -0.25) is 0 Å². The number of nitrogen functional groups attached to an aromatic ring is 1. The summed E-state index contributed by atoms with van der Waals surface area (Å²) in [5, 5.41) is -0.573. The number of sulfone groups is 1. The number of fused-ring (bicyclic) bond motifs is 1. The van der Waals surface area contributed by atoms with Gasteiger partial charge in [-0.25, -0.2) is 8.42 Å². The zero-order chi connectivity index (χ0) is 15.2. The molecular formula is C15H20N2O3S. The second kappa shape index (κ2) is 5.02. The highest BCUT2D eigenvalue weighted by molar-refractivity contribution is 7.91. The first-order valence-corrected chi connectivity index (χ1v) is 8.81. The van der Waals surface area contributed by atoms with Crippen molar-refractivity contribution in [3.05, 3.63) is 18.2 Å². The molecule has 1 fully saturated rings. The molecule has 0 aliphatic heterocycles. The van der Waals surface area contributed by atoms with Gasteiger partial charge >= 0.3 is 5.22 Å². The van der Waals surface area contributed by atoms with Crippen molar-refractivity contribution in [1.82, 2.24) is 4.98 Å². The second-order valence-corrected chi connectivity index (χ2v) is 8.40. The Hall–Kier alpha value is -1.56. The number of nitrogens with zero attached hydrogens (tertiary/aromatic N) is 1. The summed E-state index contributed by atoms with van der Waals surface area (Å²) in [5.74, 6) is 0.821. The van der Waals surface area contributed by atoms with Gasteiger partial charge in [-0.1, -0.05) is 13.8 Å². The van der Waals surface area contributed by atoms with E-state index in [4.69, 9.17) is 10.2 Å². The summed E-state index contributed by atoms with van der Waals surface area (Å²) in [6.07, 6.45) is 2.43. The highest BCUT2D eigenvalue weighted by atomic mass is 32.2. The van der Waals surface area contributed by atoms with E-state index in [2.05, 4.69) is 18.8 Å². The smallest absolute Gasteiger partial charge is 0.316 e. The first-order chi connectivity index (χ1) is 9.86. The predicted octanol–water partition coefficient (Wildman–Crippen LogP) is 3.01. The van der Waals surface area contributed by atoms with Gasteiger partial charge < -0.3 is 10.2 Å².